The van der Waals surface area contributed by atoms with Gasteiger partial charge < -0.3 is 4.74 Å². The number of aryl methyl sites for hydroxylation is 1. The number of amides is 1. The highest BCUT2D eigenvalue weighted by atomic mass is 16.6. The average Bonchev–Trinajstić information content (AvgIpc) is 2.08. The van der Waals surface area contributed by atoms with Gasteiger partial charge in [-0.1, -0.05) is 0 Å². The zero-order valence-electron chi connectivity index (χ0n) is 9.75. The summed E-state index contributed by atoms with van der Waals surface area (Å²) in [7, 11) is 0. The fourth-order valence-electron chi connectivity index (χ4n) is 0.993. The van der Waals surface area contributed by atoms with Crippen LogP contribution in [0.1, 0.15) is 26.3 Å². The Morgan fingerprint density at radius 2 is 2.12 bits per heavy atom. The molecule has 0 atom stereocenters. The minimum Gasteiger partial charge on any atom is -0.444 e. The molecule has 1 amide bonds. The molecule has 1 heterocycles. The van der Waals surface area contributed by atoms with E-state index in [0.29, 0.717) is 11.4 Å². The van der Waals surface area contributed by atoms with Gasteiger partial charge in [0.25, 0.3) is 0 Å². The van der Waals surface area contributed by atoms with Crippen molar-refractivity contribution in [3.8, 4) is 0 Å². The Morgan fingerprint density at radius 1 is 1.50 bits per heavy atom. The average molecular weight is 225 g/mol. The largest absolute Gasteiger partial charge is 0.444 e. The Morgan fingerprint density at radius 3 is 2.69 bits per heavy atom. The first-order valence-corrected chi connectivity index (χ1v) is 4.84. The van der Waals surface area contributed by atoms with Gasteiger partial charge in [-0.2, -0.15) is 0 Å². The molecule has 0 saturated carbocycles. The van der Waals surface area contributed by atoms with E-state index in [1.54, 1.807) is 27.7 Å². The second-order valence-corrected chi connectivity index (χ2v) is 4.37. The lowest BCUT2D eigenvalue weighted by Gasteiger charge is -2.19. The van der Waals surface area contributed by atoms with Crippen molar-refractivity contribution in [3.05, 3.63) is 22.2 Å². The molecule has 0 aromatic carbocycles. The summed E-state index contributed by atoms with van der Waals surface area (Å²) >= 11 is 0. The van der Waals surface area contributed by atoms with Crippen molar-refractivity contribution in [1.82, 2.24) is 9.97 Å². The maximum atomic E-state index is 11.4. The molecule has 88 valence electrons. The maximum Gasteiger partial charge on any atom is 0.413 e. The number of hydrogen-bond acceptors (Lipinski definition) is 4. The number of hydrogen-bond donors (Lipinski definition) is 2. The molecule has 0 fully saturated rings. The summed E-state index contributed by atoms with van der Waals surface area (Å²) < 4.78 is 5.04. The molecule has 0 radical (unpaired) electrons. The lowest BCUT2D eigenvalue weighted by Crippen LogP contribution is -2.28. The van der Waals surface area contributed by atoms with Crippen LogP contribution in [0.5, 0.6) is 0 Å². The summed E-state index contributed by atoms with van der Waals surface area (Å²) in [5, 5.41) is 2.45. The highest BCUT2D eigenvalue weighted by Crippen LogP contribution is 2.11. The number of aromatic nitrogens is 2. The van der Waals surface area contributed by atoms with E-state index < -0.39 is 17.4 Å². The van der Waals surface area contributed by atoms with E-state index in [4.69, 9.17) is 4.74 Å². The van der Waals surface area contributed by atoms with E-state index in [-0.39, 0.29) is 0 Å². The maximum absolute atomic E-state index is 11.4. The molecular formula is C10H15N3O3. The molecule has 0 aliphatic heterocycles. The third-order valence-electron chi connectivity index (χ3n) is 1.63. The molecule has 0 spiro atoms. The Bertz CT molecular complexity index is 445. The van der Waals surface area contributed by atoms with Crippen LogP contribution in [0.3, 0.4) is 0 Å². The zero-order valence-corrected chi connectivity index (χ0v) is 9.75. The molecule has 0 aliphatic carbocycles. The van der Waals surface area contributed by atoms with Crippen molar-refractivity contribution in [1.29, 1.82) is 0 Å². The van der Waals surface area contributed by atoms with Crippen molar-refractivity contribution >= 4 is 11.9 Å². The smallest absolute Gasteiger partial charge is 0.413 e. The van der Waals surface area contributed by atoms with Crippen molar-refractivity contribution in [2.75, 3.05) is 5.32 Å². The van der Waals surface area contributed by atoms with Gasteiger partial charge in [0.15, 0.2) is 0 Å². The van der Waals surface area contributed by atoms with E-state index in [9.17, 15) is 9.59 Å². The number of H-pyrrole nitrogens is 1. The van der Waals surface area contributed by atoms with Crippen LogP contribution in [0.25, 0.3) is 0 Å². The van der Waals surface area contributed by atoms with E-state index in [1.807, 2.05) is 0 Å². The van der Waals surface area contributed by atoms with Crippen LogP contribution < -0.4 is 11.0 Å². The van der Waals surface area contributed by atoms with Crippen molar-refractivity contribution < 1.29 is 9.53 Å². The van der Waals surface area contributed by atoms with Crippen LogP contribution in [0, 0.1) is 6.92 Å². The van der Waals surface area contributed by atoms with Gasteiger partial charge in [0.2, 0.25) is 0 Å². The number of nitrogens with one attached hydrogen (secondary N) is 2. The molecule has 16 heavy (non-hydrogen) atoms. The molecule has 6 heteroatoms. The fraction of sp³-hybridized carbons (Fsp3) is 0.500. The molecular weight excluding hydrogens is 210 g/mol. The van der Waals surface area contributed by atoms with Crippen LogP contribution >= 0.6 is 0 Å². The summed E-state index contributed by atoms with van der Waals surface area (Å²) in [5.41, 5.74) is -0.437. The van der Waals surface area contributed by atoms with Gasteiger partial charge in [-0.3, -0.25) is 10.3 Å². The van der Waals surface area contributed by atoms with Gasteiger partial charge in [0, 0.05) is 11.8 Å². The van der Waals surface area contributed by atoms with E-state index in [2.05, 4.69) is 15.3 Å². The van der Waals surface area contributed by atoms with Gasteiger partial charge in [-0.15, -0.1) is 0 Å². The van der Waals surface area contributed by atoms with Crippen molar-refractivity contribution in [2.24, 2.45) is 0 Å². The number of carbonyl (C=O) groups excluding carboxylic acids is 1. The predicted octanol–water partition coefficient (Wildman–Crippen LogP) is 1.43. The van der Waals surface area contributed by atoms with Crippen LogP contribution in [0.4, 0.5) is 10.6 Å². The van der Waals surface area contributed by atoms with Crippen molar-refractivity contribution in [3.63, 3.8) is 0 Å². The summed E-state index contributed by atoms with van der Waals surface area (Å²) in [6, 6.07) is 0. The van der Waals surface area contributed by atoms with Crippen LogP contribution in [0.2, 0.25) is 0 Å². The molecule has 2 N–H and O–H groups in total. The third kappa shape index (κ3) is 3.72. The van der Waals surface area contributed by atoms with E-state index >= 15 is 0 Å². The first-order chi connectivity index (χ1) is 7.28. The molecule has 6 nitrogen and oxygen atoms in total. The quantitative estimate of drug-likeness (QED) is 0.757. The minimum atomic E-state index is -0.613. The Labute approximate surface area is 93.0 Å². The third-order valence-corrected chi connectivity index (χ3v) is 1.63. The number of carbonyl (C=O) groups is 1. The molecule has 0 bridgehead atoms. The number of rotatable bonds is 1. The molecule has 1 aromatic heterocycles. The lowest BCUT2D eigenvalue weighted by molar-refractivity contribution is 0.0635. The minimum absolute atomic E-state index is 0.300. The van der Waals surface area contributed by atoms with E-state index in [0.717, 1.165) is 0 Å². The Balaban J connectivity index is 2.77. The number of nitrogens with zero attached hydrogens (tertiary/aromatic N) is 1. The summed E-state index contributed by atoms with van der Waals surface area (Å²) in [6.45, 7) is 6.99. The van der Waals surface area contributed by atoms with Gasteiger partial charge >= 0.3 is 11.8 Å². The van der Waals surface area contributed by atoms with Crippen molar-refractivity contribution in [2.45, 2.75) is 33.3 Å². The Kier molecular flexibility index (Phi) is 3.31. The number of aromatic amines is 1. The van der Waals surface area contributed by atoms with Crippen LogP contribution in [0.15, 0.2) is 11.0 Å². The first-order valence-electron chi connectivity index (χ1n) is 4.84. The highest BCUT2D eigenvalue weighted by molar-refractivity contribution is 5.84. The second kappa shape index (κ2) is 4.34. The van der Waals surface area contributed by atoms with Gasteiger partial charge in [-0.05, 0) is 27.7 Å². The SMILES string of the molecule is Cc1cnc(=O)[nH]c1NC(=O)OC(C)(C)C. The molecule has 0 saturated heterocycles. The predicted molar refractivity (Wildman–Crippen MR) is 59.5 cm³/mol. The summed E-state index contributed by atoms with van der Waals surface area (Å²) in [4.78, 5) is 28.3. The fourth-order valence-corrected chi connectivity index (χ4v) is 0.993. The van der Waals surface area contributed by atoms with E-state index in [1.165, 1.54) is 6.20 Å². The van der Waals surface area contributed by atoms with Gasteiger partial charge in [-0.25, -0.2) is 14.6 Å². The van der Waals surface area contributed by atoms with Gasteiger partial charge in [0.05, 0.1) is 0 Å². The molecule has 0 aliphatic rings. The normalized spacial score (nSPS) is 11.0. The lowest BCUT2D eigenvalue weighted by atomic mass is 10.2. The monoisotopic (exact) mass is 225 g/mol. The molecule has 1 rings (SSSR count). The first kappa shape index (κ1) is 12.2. The zero-order chi connectivity index (χ0) is 12.3. The van der Waals surface area contributed by atoms with Crippen LogP contribution in [-0.4, -0.2) is 21.7 Å². The second-order valence-electron chi connectivity index (χ2n) is 4.37. The Hall–Kier alpha value is -1.85. The molecule has 1 aromatic rings. The topological polar surface area (TPSA) is 84.1 Å². The van der Waals surface area contributed by atoms with Crippen LogP contribution in [-0.2, 0) is 4.74 Å². The highest BCUT2D eigenvalue weighted by Gasteiger charge is 2.16. The summed E-state index contributed by atoms with van der Waals surface area (Å²) in [5.74, 6) is 0.300. The number of anilines is 1. The summed E-state index contributed by atoms with van der Waals surface area (Å²) in [6.07, 6.45) is 0.767. The number of ether oxygens (including phenoxy) is 1. The standard InChI is InChI=1S/C10H15N3O3/c1-6-5-11-8(14)12-7(6)13-9(15)16-10(2,3)4/h5H,1-4H3,(H2,11,12,13,14,15). The molecule has 0 unspecified atom stereocenters. The van der Waals surface area contributed by atoms with Gasteiger partial charge in [0.1, 0.15) is 11.4 Å².